The van der Waals surface area contributed by atoms with Crippen LogP contribution in [0.1, 0.15) is 20.3 Å². The van der Waals surface area contributed by atoms with Crippen LogP contribution in [0.2, 0.25) is 5.15 Å². The van der Waals surface area contributed by atoms with Crippen LogP contribution in [0, 0.1) is 5.92 Å². The summed E-state index contributed by atoms with van der Waals surface area (Å²) >= 11 is 5.75. The molecular weight excluding hydrogens is 288 g/mol. The summed E-state index contributed by atoms with van der Waals surface area (Å²) in [6.45, 7) is 5.01. The maximum absolute atomic E-state index is 5.77. The molecule has 0 fully saturated rings. The van der Waals surface area contributed by atoms with Gasteiger partial charge >= 0.3 is 0 Å². The lowest BCUT2D eigenvalue weighted by molar-refractivity contribution is 0.273. The van der Waals surface area contributed by atoms with E-state index in [1.807, 2.05) is 24.3 Å². The second-order valence-corrected chi connectivity index (χ2v) is 5.53. The molecule has 0 aliphatic heterocycles. The Balaban J connectivity index is 2.17. The molecule has 2 rings (SSSR count). The standard InChI is InChI=1S/C16H19ClN2O2/c1-11(2)8-9-21-14-6-4-12(10-15(14)20-3)13-5-7-16(17)19-18-13/h4-7,10-11H,8-9H2,1-3H3. The van der Waals surface area contributed by atoms with Gasteiger partial charge in [0.05, 0.1) is 19.4 Å². The molecule has 0 bridgehead atoms. The van der Waals surface area contributed by atoms with Crippen molar-refractivity contribution in [1.29, 1.82) is 0 Å². The molecule has 0 amide bonds. The van der Waals surface area contributed by atoms with E-state index in [2.05, 4.69) is 24.0 Å². The van der Waals surface area contributed by atoms with Crippen molar-refractivity contribution < 1.29 is 9.47 Å². The van der Waals surface area contributed by atoms with E-state index in [0.717, 1.165) is 23.4 Å². The van der Waals surface area contributed by atoms with E-state index in [4.69, 9.17) is 21.1 Å². The molecule has 0 N–H and O–H groups in total. The SMILES string of the molecule is COc1cc(-c2ccc(Cl)nn2)ccc1OCCC(C)C. The summed E-state index contributed by atoms with van der Waals surface area (Å²) < 4.78 is 11.2. The third-order valence-corrected chi connectivity index (χ3v) is 3.25. The van der Waals surface area contributed by atoms with Crippen molar-refractivity contribution in [3.8, 4) is 22.8 Å². The number of aromatic nitrogens is 2. The van der Waals surface area contributed by atoms with Crippen LogP contribution in [-0.2, 0) is 0 Å². The highest BCUT2D eigenvalue weighted by Crippen LogP contribution is 2.32. The van der Waals surface area contributed by atoms with Crippen LogP contribution in [0.25, 0.3) is 11.3 Å². The molecule has 2 aromatic rings. The molecule has 0 spiro atoms. The van der Waals surface area contributed by atoms with Crippen LogP contribution in [0.3, 0.4) is 0 Å². The minimum absolute atomic E-state index is 0.374. The van der Waals surface area contributed by atoms with Gasteiger partial charge in [0.1, 0.15) is 0 Å². The Bertz CT molecular complexity index is 585. The van der Waals surface area contributed by atoms with Gasteiger partial charge in [0.15, 0.2) is 16.7 Å². The van der Waals surface area contributed by atoms with Crippen LogP contribution < -0.4 is 9.47 Å². The van der Waals surface area contributed by atoms with Gasteiger partial charge in [-0.2, -0.15) is 0 Å². The summed E-state index contributed by atoms with van der Waals surface area (Å²) in [5.41, 5.74) is 1.65. The molecule has 0 radical (unpaired) electrons. The van der Waals surface area contributed by atoms with Crippen molar-refractivity contribution in [2.75, 3.05) is 13.7 Å². The molecule has 5 heteroatoms. The lowest BCUT2D eigenvalue weighted by Crippen LogP contribution is -2.02. The zero-order chi connectivity index (χ0) is 15.2. The van der Waals surface area contributed by atoms with Crippen molar-refractivity contribution in [1.82, 2.24) is 10.2 Å². The normalized spacial score (nSPS) is 10.7. The number of hydrogen-bond acceptors (Lipinski definition) is 4. The van der Waals surface area contributed by atoms with Crippen LogP contribution >= 0.6 is 11.6 Å². The number of ether oxygens (including phenoxy) is 2. The Morgan fingerprint density at radius 3 is 2.52 bits per heavy atom. The van der Waals surface area contributed by atoms with Gasteiger partial charge in [-0.25, -0.2) is 0 Å². The molecule has 1 aromatic carbocycles. The molecular formula is C16H19ClN2O2. The number of nitrogens with zero attached hydrogens (tertiary/aromatic N) is 2. The first-order chi connectivity index (χ1) is 10.1. The molecule has 1 aromatic heterocycles. The first-order valence-corrected chi connectivity index (χ1v) is 7.28. The Labute approximate surface area is 130 Å². The van der Waals surface area contributed by atoms with Gasteiger partial charge < -0.3 is 9.47 Å². The lowest BCUT2D eigenvalue weighted by atomic mass is 10.1. The molecule has 112 valence electrons. The summed E-state index contributed by atoms with van der Waals surface area (Å²) in [5.74, 6) is 2.04. The Morgan fingerprint density at radius 1 is 1.10 bits per heavy atom. The van der Waals surface area contributed by atoms with Gasteiger partial charge in [-0.1, -0.05) is 25.4 Å². The molecule has 4 nitrogen and oxygen atoms in total. The summed E-state index contributed by atoms with van der Waals surface area (Å²) in [7, 11) is 1.63. The van der Waals surface area contributed by atoms with E-state index in [9.17, 15) is 0 Å². The highest BCUT2D eigenvalue weighted by atomic mass is 35.5. The van der Waals surface area contributed by atoms with Crippen LogP contribution in [0.15, 0.2) is 30.3 Å². The van der Waals surface area contributed by atoms with E-state index >= 15 is 0 Å². The number of benzene rings is 1. The zero-order valence-electron chi connectivity index (χ0n) is 12.5. The van der Waals surface area contributed by atoms with Gasteiger partial charge in [-0.15, -0.1) is 10.2 Å². The molecule has 0 atom stereocenters. The maximum Gasteiger partial charge on any atom is 0.161 e. The summed E-state index contributed by atoms with van der Waals surface area (Å²) in [6.07, 6.45) is 1.01. The fraction of sp³-hybridized carbons (Fsp3) is 0.375. The van der Waals surface area contributed by atoms with Gasteiger partial charge in [0.2, 0.25) is 0 Å². The van der Waals surface area contributed by atoms with Crippen molar-refractivity contribution in [2.24, 2.45) is 5.92 Å². The minimum atomic E-state index is 0.374. The monoisotopic (exact) mass is 306 g/mol. The summed E-state index contributed by atoms with van der Waals surface area (Å²) in [6, 6.07) is 9.26. The molecule has 0 saturated carbocycles. The summed E-state index contributed by atoms with van der Waals surface area (Å²) in [4.78, 5) is 0. The number of rotatable bonds is 6. The van der Waals surface area contributed by atoms with E-state index in [-0.39, 0.29) is 0 Å². The number of methoxy groups -OCH3 is 1. The largest absolute Gasteiger partial charge is 0.493 e. The van der Waals surface area contributed by atoms with Gasteiger partial charge in [0.25, 0.3) is 0 Å². The van der Waals surface area contributed by atoms with Crippen LogP contribution in [0.4, 0.5) is 0 Å². The third kappa shape index (κ3) is 4.33. The highest BCUT2D eigenvalue weighted by Gasteiger charge is 2.09. The fourth-order valence-corrected chi connectivity index (χ4v) is 1.92. The minimum Gasteiger partial charge on any atom is -0.493 e. The third-order valence-electron chi connectivity index (χ3n) is 3.04. The quantitative estimate of drug-likeness (QED) is 0.801. The first-order valence-electron chi connectivity index (χ1n) is 6.90. The first kappa shape index (κ1) is 15.6. The average Bonchev–Trinajstić information content (AvgIpc) is 2.48. The van der Waals surface area contributed by atoms with E-state index in [1.54, 1.807) is 13.2 Å². The Morgan fingerprint density at radius 2 is 1.90 bits per heavy atom. The van der Waals surface area contributed by atoms with E-state index in [1.165, 1.54) is 0 Å². The zero-order valence-corrected chi connectivity index (χ0v) is 13.2. The Hall–Kier alpha value is -1.81. The smallest absolute Gasteiger partial charge is 0.161 e. The van der Waals surface area contributed by atoms with E-state index < -0.39 is 0 Å². The summed E-state index contributed by atoms with van der Waals surface area (Å²) in [5, 5.41) is 8.28. The van der Waals surface area contributed by atoms with Crippen molar-refractivity contribution >= 4 is 11.6 Å². The predicted molar refractivity (Wildman–Crippen MR) is 84.0 cm³/mol. The molecule has 0 aliphatic carbocycles. The second kappa shape index (κ2) is 7.27. The molecule has 0 aliphatic rings. The second-order valence-electron chi connectivity index (χ2n) is 5.14. The van der Waals surface area contributed by atoms with Gasteiger partial charge in [0, 0.05) is 5.56 Å². The van der Waals surface area contributed by atoms with Crippen molar-refractivity contribution in [2.45, 2.75) is 20.3 Å². The van der Waals surface area contributed by atoms with Crippen LogP contribution in [0.5, 0.6) is 11.5 Å². The molecule has 21 heavy (non-hydrogen) atoms. The highest BCUT2D eigenvalue weighted by molar-refractivity contribution is 6.29. The molecule has 0 saturated heterocycles. The number of hydrogen-bond donors (Lipinski definition) is 0. The van der Waals surface area contributed by atoms with E-state index in [0.29, 0.717) is 23.4 Å². The van der Waals surface area contributed by atoms with Crippen molar-refractivity contribution in [3.05, 3.63) is 35.5 Å². The van der Waals surface area contributed by atoms with Crippen LogP contribution in [-0.4, -0.2) is 23.9 Å². The topological polar surface area (TPSA) is 44.2 Å². The fourth-order valence-electron chi connectivity index (χ4n) is 1.82. The predicted octanol–water partition coefficient (Wildman–Crippen LogP) is 4.23. The number of halogens is 1. The maximum atomic E-state index is 5.77. The molecule has 0 unspecified atom stereocenters. The Kier molecular flexibility index (Phi) is 5.39. The van der Waals surface area contributed by atoms with Gasteiger partial charge in [-0.05, 0) is 42.7 Å². The van der Waals surface area contributed by atoms with Gasteiger partial charge in [-0.3, -0.25) is 0 Å². The lowest BCUT2D eigenvalue weighted by Gasteiger charge is -2.13. The van der Waals surface area contributed by atoms with Crippen molar-refractivity contribution in [3.63, 3.8) is 0 Å². The average molecular weight is 307 g/mol. The molecule has 1 heterocycles.